The molecule has 0 aliphatic carbocycles. The molecule has 3 aromatic rings. The minimum absolute atomic E-state index is 0.00288. The first kappa shape index (κ1) is 36.2. The van der Waals surface area contributed by atoms with Crippen molar-refractivity contribution in [3.05, 3.63) is 80.8 Å². The summed E-state index contributed by atoms with van der Waals surface area (Å²) >= 11 is 0. The molecule has 1 N–H and O–H groups in total. The van der Waals surface area contributed by atoms with Crippen LogP contribution in [0.15, 0.2) is 36.4 Å². The predicted octanol–water partition coefficient (Wildman–Crippen LogP) is 6.82. The van der Waals surface area contributed by atoms with E-state index in [0.29, 0.717) is 18.2 Å². The summed E-state index contributed by atoms with van der Waals surface area (Å²) in [6, 6.07) is 4.81. The highest BCUT2D eigenvalue weighted by atomic mass is 19.4. The molecule has 1 amide bonds. The molecule has 3 rings (SSSR count). The first-order valence-corrected chi connectivity index (χ1v) is 13.4. The number of hydrogen-bond acceptors (Lipinski definition) is 10. The molecule has 0 bridgehead atoms. The molecular weight excluding hydrogens is 646 g/mol. The van der Waals surface area contributed by atoms with Crippen molar-refractivity contribution < 1.29 is 59.8 Å². The second-order valence-electron chi connectivity index (χ2n) is 10.6. The number of benzene rings is 2. The van der Waals surface area contributed by atoms with Crippen molar-refractivity contribution in [1.29, 1.82) is 0 Å². The summed E-state index contributed by atoms with van der Waals surface area (Å²) < 4.78 is 102. The Kier molecular flexibility index (Phi) is 11.1. The fourth-order valence-corrected chi connectivity index (χ4v) is 4.08. The van der Waals surface area contributed by atoms with Gasteiger partial charge in [0.2, 0.25) is 5.88 Å². The topological polar surface area (TPSA) is 142 Å². The van der Waals surface area contributed by atoms with Gasteiger partial charge in [-0.1, -0.05) is 0 Å². The number of esters is 1. The number of ether oxygens (including phenoxy) is 4. The van der Waals surface area contributed by atoms with E-state index in [-0.39, 0.29) is 18.0 Å². The molecule has 0 aliphatic heterocycles. The van der Waals surface area contributed by atoms with E-state index in [1.165, 1.54) is 33.9 Å². The molecule has 0 atom stereocenters. The molecule has 1 heterocycles. The number of alkyl halides is 3. The number of anilines is 2. The molecule has 0 aliphatic rings. The van der Waals surface area contributed by atoms with Crippen molar-refractivity contribution in [3.63, 3.8) is 0 Å². The molecule has 254 valence electrons. The lowest BCUT2D eigenvalue weighted by molar-refractivity contribution is -0.386. The van der Waals surface area contributed by atoms with Crippen LogP contribution in [0.5, 0.6) is 11.6 Å². The smallest absolute Gasteiger partial charge is 0.481 e. The second kappa shape index (κ2) is 14.4. The van der Waals surface area contributed by atoms with Gasteiger partial charge in [0.15, 0.2) is 23.2 Å². The maximum absolute atomic E-state index is 15.8. The number of nitro groups is 1. The molecule has 0 saturated heterocycles. The quantitative estimate of drug-likeness (QED) is 0.0996. The number of aromatic nitrogens is 1. The Bertz CT molecular complexity index is 1660. The van der Waals surface area contributed by atoms with Crippen molar-refractivity contribution in [3.8, 4) is 11.6 Å². The van der Waals surface area contributed by atoms with E-state index in [2.05, 4.69) is 19.8 Å². The normalized spacial score (nSPS) is 11.5. The van der Waals surface area contributed by atoms with E-state index < -0.39 is 93.4 Å². The number of nitrogens with zero attached hydrogens (tertiary/aromatic N) is 3. The van der Waals surface area contributed by atoms with E-state index in [9.17, 15) is 41.7 Å². The minimum atomic E-state index is -5.34. The summed E-state index contributed by atoms with van der Waals surface area (Å²) in [5.74, 6) is -6.97. The van der Waals surface area contributed by atoms with Crippen LogP contribution in [0.2, 0.25) is 0 Å². The SMILES string of the molecule is COC(=O)c1cc(F)c(F)cc1Nc1ccc(OC(F)(F)F)c(F)c1CN(CCc1nc(OC)ccc1[N+](=O)[O-])C(=O)OC(C)(C)C. The van der Waals surface area contributed by atoms with Crippen molar-refractivity contribution >= 4 is 29.1 Å². The van der Waals surface area contributed by atoms with E-state index in [0.717, 1.165) is 24.1 Å². The molecule has 2 aromatic carbocycles. The maximum Gasteiger partial charge on any atom is 0.573 e. The van der Waals surface area contributed by atoms with Crippen molar-refractivity contribution in [2.45, 2.75) is 45.7 Å². The fraction of sp³-hybridized carbons (Fsp3) is 0.345. The highest BCUT2D eigenvalue weighted by Gasteiger charge is 2.34. The van der Waals surface area contributed by atoms with Crippen LogP contribution in [0, 0.1) is 27.6 Å². The number of methoxy groups -OCH3 is 2. The van der Waals surface area contributed by atoms with Crippen LogP contribution >= 0.6 is 0 Å². The molecule has 1 aromatic heterocycles. The van der Waals surface area contributed by atoms with Crippen LogP contribution < -0.4 is 14.8 Å². The van der Waals surface area contributed by atoms with Gasteiger partial charge in [-0.15, -0.1) is 13.2 Å². The third-order valence-corrected chi connectivity index (χ3v) is 6.12. The number of halogens is 6. The van der Waals surface area contributed by atoms with Gasteiger partial charge >= 0.3 is 18.4 Å². The summed E-state index contributed by atoms with van der Waals surface area (Å²) in [4.78, 5) is 41.3. The van der Waals surface area contributed by atoms with Gasteiger partial charge in [0.05, 0.1) is 36.9 Å². The van der Waals surface area contributed by atoms with Gasteiger partial charge in [0, 0.05) is 42.4 Å². The molecule has 0 saturated carbocycles. The van der Waals surface area contributed by atoms with Crippen LogP contribution in [-0.4, -0.2) is 59.6 Å². The first-order valence-electron chi connectivity index (χ1n) is 13.4. The summed E-state index contributed by atoms with van der Waals surface area (Å²) in [6.45, 7) is 3.17. The Morgan fingerprint density at radius 1 is 1.00 bits per heavy atom. The maximum atomic E-state index is 15.8. The lowest BCUT2D eigenvalue weighted by Gasteiger charge is -2.28. The molecule has 18 heteroatoms. The highest BCUT2D eigenvalue weighted by Crippen LogP contribution is 2.35. The summed E-state index contributed by atoms with van der Waals surface area (Å²) in [5, 5.41) is 14.1. The number of carbonyl (C=O) groups is 2. The Morgan fingerprint density at radius 3 is 2.23 bits per heavy atom. The van der Waals surface area contributed by atoms with Gasteiger partial charge < -0.3 is 29.2 Å². The molecule has 0 fully saturated rings. The zero-order chi connectivity index (χ0) is 35.3. The van der Waals surface area contributed by atoms with Gasteiger partial charge in [-0.25, -0.2) is 27.7 Å². The number of amides is 1. The van der Waals surface area contributed by atoms with Gasteiger partial charge in [0.25, 0.3) is 5.69 Å². The third-order valence-electron chi connectivity index (χ3n) is 6.12. The van der Waals surface area contributed by atoms with E-state index in [4.69, 9.17) is 9.47 Å². The van der Waals surface area contributed by atoms with Gasteiger partial charge in [-0.2, -0.15) is 0 Å². The fourth-order valence-electron chi connectivity index (χ4n) is 4.08. The standard InChI is InChI=1S/C29H28F6N4O8/c1-28(2,3)47-27(41)38(11-10-20-22(39(42)43)7-9-24(37-20)44-4)14-16-19(6-8-23(25(16)32)46-29(33,34)35)36-21-13-18(31)17(30)12-15(21)26(40)45-5/h6-9,12-13,36H,10-11,14H2,1-5H3. The molecular formula is C29H28F6N4O8. The molecule has 0 radical (unpaired) electrons. The minimum Gasteiger partial charge on any atom is -0.481 e. The lowest BCUT2D eigenvalue weighted by atomic mass is 10.1. The predicted molar refractivity (Wildman–Crippen MR) is 152 cm³/mol. The van der Waals surface area contributed by atoms with Crippen molar-refractivity contribution in [2.24, 2.45) is 0 Å². The Hall–Kier alpha value is -5.29. The number of pyridine rings is 1. The zero-order valence-electron chi connectivity index (χ0n) is 25.5. The number of rotatable bonds is 11. The van der Waals surface area contributed by atoms with Crippen molar-refractivity contribution in [1.82, 2.24) is 9.88 Å². The Morgan fingerprint density at radius 2 is 1.66 bits per heavy atom. The van der Waals surface area contributed by atoms with E-state index in [1.54, 1.807) is 0 Å². The Labute approximate surface area is 263 Å². The second-order valence-corrected chi connectivity index (χ2v) is 10.6. The van der Waals surface area contributed by atoms with Crippen molar-refractivity contribution in [2.75, 3.05) is 26.1 Å². The third kappa shape index (κ3) is 9.60. The van der Waals surface area contributed by atoms with Gasteiger partial charge in [-0.05, 0) is 39.0 Å². The van der Waals surface area contributed by atoms with Crippen LogP contribution in [0.1, 0.15) is 42.4 Å². The lowest BCUT2D eigenvalue weighted by Crippen LogP contribution is -2.38. The number of carbonyl (C=O) groups excluding carboxylic acids is 2. The average Bonchev–Trinajstić information content (AvgIpc) is 2.97. The van der Waals surface area contributed by atoms with Crippen LogP contribution in [0.3, 0.4) is 0 Å². The zero-order valence-corrected chi connectivity index (χ0v) is 25.5. The summed E-state index contributed by atoms with van der Waals surface area (Å²) in [7, 11) is 2.21. The van der Waals surface area contributed by atoms with Gasteiger partial charge in [0.1, 0.15) is 11.3 Å². The summed E-state index contributed by atoms with van der Waals surface area (Å²) in [5.41, 5.74) is -3.86. The highest BCUT2D eigenvalue weighted by molar-refractivity contribution is 5.96. The van der Waals surface area contributed by atoms with E-state index >= 15 is 4.39 Å². The van der Waals surface area contributed by atoms with E-state index in [1.807, 2.05) is 0 Å². The number of nitrogens with one attached hydrogen (secondary N) is 1. The first-order chi connectivity index (χ1) is 21.8. The molecule has 47 heavy (non-hydrogen) atoms. The number of hydrogen-bond donors (Lipinski definition) is 1. The van der Waals surface area contributed by atoms with Gasteiger partial charge in [-0.3, -0.25) is 10.1 Å². The monoisotopic (exact) mass is 674 g/mol. The Balaban J connectivity index is 2.16. The molecule has 12 nitrogen and oxygen atoms in total. The van der Waals surface area contributed by atoms with Crippen LogP contribution in [0.4, 0.5) is 48.2 Å². The van der Waals surface area contributed by atoms with Crippen LogP contribution in [0.25, 0.3) is 0 Å². The van der Waals surface area contributed by atoms with Crippen LogP contribution in [-0.2, 0) is 22.4 Å². The molecule has 0 unspecified atom stereocenters. The summed E-state index contributed by atoms with van der Waals surface area (Å²) in [6.07, 6.45) is -6.79. The average molecular weight is 675 g/mol. The largest absolute Gasteiger partial charge is 0.573 e. The molecule has 0 spiro atoms.